The molecule has 1 saturated heterocycles. The molecule has 2 aromatic rings. The van der Waals surface area contributed by atoms with Crippen molar-refractivity contribution in [3.8, 4) is 11.5 Å². The third-order valence-corrected chi connectivity index (χ3v) is 7.49. The standard InChI is InChI=1S/C29H36O11S/c1-15(2)24-13-22(25(41-24)12-20-8-10-21(34-7)11-9-20)39-29-28(38-19(6)33)27(37-18(5)32)26(36-17(4)31)23(40-29)14-35-16(3)30/h8-11,13,15,23,26-29H,12,14H2,1-7H3. The fraction of sp³-hybridized carbons (Fsp3) is 0.517. The minimum absolute atomic E-state index is 0.197. The second-order valence-electron chi connectivity index (χ2n) is 9.80. The molecule has 1 aliphatic rings. The summed E-state index contributed by atoms with van der Waals surface area (Å²) in [6, 6.07) is 9.53. The van der Waals surface area contributed by atoms with Crippen LogP contribution in [-0.2, 0) is 49.3 Å². The van der Waals surface area contributed by atoms with Gasteiger partial charge in [-0.15, -0.1) is 11.3 Å². The number of rotatable bonds is 11. The summed E-state index contributed by atoms with van der Waals surface area (Å²) in [5.41, 5.74) is 1.01. The quantitative estimate of drug-likeness (QED) is 0.278. The summed E-state index contributed by atoms with van der Waals surface area (Å²) in [6.07, 6.45) is -5.76. The second kappa shape index (κ2) is 14.3. The molecule has 3 rings (SSSR count). The second-order valence-corrected chi connectivity index (χ2v) is 11.0. The first-order valence-corrected chi connectivity index (χ1v) is 13.9. The number of hydrogen-bond donors (Lipinski definition) is 0. The summed E-state index contributed by atoms with van der Waals surface area (Å²) in [6.45, 7) is 8.51. The molecule has 11 nitrogen and oxygen atoms in total. The first-order valence-electron chi connectivity index (χ1n) is 13.1. The number of carbonyl (C=O) groups is 4. The van der Waals surface area contributed by atoms with Crippen LogP contribution in [0, 0.1) is 0 Å². The van der Waals surface area contributed by atoms with E-state index >= 15 is 0 Å². The van der Waals surface area contributed by atoms with Crippen molar-refractivity contribution in [2.75, 3.05) is 13.7 Å². The van der Waals surface area contributed by atoms with Crippen molar-refractivity contribution in [2.45, 2.75) is 84.6 Å². The van der Waals surface area contributed by atoms with Gasteiger partial charge in [-0.25, -0.2) is 0 Å². The van der Waals surface area contributed by atoms with Gasteiger partial charge in [0.15, 0.2) is 12.2 Å². The van der Waals surface area contributed by atoms with Gasteiger partial charge in [0.2, 0.25) is 12.4 Å². The maximum absolute atomic E-state index is 12.2. The SMILES string of the molecule is COc1ccc(Cc2sc(C(C)C)cc2OC2OC(COC(C)=O)C(OC(C)=O)C(OC(C)=O)C2OC(C)=O)cc1. The van der Waals surface area contributed by atoms with E-state index in [1.54, 1.807) is 18.4 Å². The van der Waals surface area contributed by atoms with Crippen LogP contribution in [0.5, 0.6) is 11.5 Å². The lowest BCUT2D eigenvalue weighted by atomic mass is 9.98. The number of thiophene rings is 1. The Kier molecular flexibility index (Phi) is 11.1. The van der Waals surface area contributed by atoms with Crippen molar-refractivity contribution in [3.63, 3.8) is 0 Å². The Bertz CT molecular complexity index is 1220. The molecular formula is C29H36O11S. The monoisotopic (exact) mass is 592 g/mol. The van der Waals surface area contributed by atoms with Crippen molar-refractivity contribution in [3.05, 3.63) is 45.6 Å². The van der Waals surface area contributed by atoms with E-state index in [4.69, 9.17) is 33.2 Å². The summed E-state index contributed by atoms with van der Waals surface area (Å²) in [5, 5.41) is 0. The fourth-order valence-corrected chi connectivity index (χ4v) is 5.41. The number of ether oxygens (including phenoxy) is 7. The van der Waals surface area contributed by atoms with Gasteiger partial charge in [0, 0.05) is 39.0 Å². The lowest BCUT2D eigenvalue weighted by Crippen LogP contribution is -2.63. The number of methoxy groups -OCH3 is 1. The van der Waals surface area contributed by atoms with Crippen molar-refractivity contribution in [2.24, 2.45) is 0 Å². The maximum atomic E-state index is 12.2. The van der Waals surface area contributed by atoms with Gasteiger partial charge in [0.05, 0.1) is 12.0 Å². The lowest BCUT2D eigenvalue weighted by molar-refractivity contribution is -0.288. The smallest absolute Gasteiger partial charge is 0.303 e. The highest BCUT2D eigenvalue weighted by Gasteiger charge is 2.53. The first kappa shape index (κ1) is 31.9. The van der Waals surface area contributed by atoms with E-state index in [0.717, 1.165) is 21.1 Å². The third-order valence-electron chi connectivity index (χ3n) is 6.07. The number of benzene rings is 1. The van der Waals surface area contributed by atoms with E-state index in [1.807, 2.05) is 30.3 Å². The number of hydrogen-bond acceptors (Lipinski definition) is 12. The predicted octanol–water partition coefficient (Wildman–Crippen LogP) is 3.93. The van der Waals surface area contributed by atoms with Gasteiger partial charge >= 0.3 is 23.9 Å². The highest BCUT2D eigenvalue weighted by Crippen LogP contribution is 2.38. The largest absolute Gasteiger partial charge is 0.497 e. The molecule has 0 bridgehead atoms. The van der Waals surface area contributed by atoms with Crippen LogP contribution in [0.3, 0.4) is 0 Å². The Labute approximate surface area is 242 Å². The van der Waals surface area contributed by atoms with Crippen molar-refractivity contribution >= 4 is 35.2 Å². The van der Waals surface area contributed by atoms with Gasteiger partial charge < -0.3 is 33.2 Å². The van der Waals surface area contributed by atoms with Crippen LogP contribution in [-0.4, -0.2) is 68.3 Å². The summed E-state index contributed by atoms with van der Waals surface area (Å²) in [4.78, 5) is 49.8. The van der Waals surface area contributed by atoms with Crippen molar-refractivity contribution in [1.82, 2.24) is 0 Å². The molecule has 0 amide bonds. The fourth-order valence-electron chi connectivity index (χ4n) is 4.28. The van der Waals surface area contributed by atoms with Crippen LogP contribution in [0.2, 0.25) is 0 Å². The Balaban J connectivity index is 2.03. The molecule has 1 aromatic heterocycles. The van der Waals surface area contributed by atoms with Crippen LogP contribution in [0.1, 0.15) is 62.8 Å². The summed E-state index contributed by atoms with van der Waals surface area (Å²) in [7, 11) is 1.60. The van der Waals surface area contributed by atoms with Crippen LogP contribution >= 0.6 is 11.3 Å². The number of esters is 4. The first-order chi connectivity index (χ1) is 19.4. The minimum Gasteiger partial charge on any atom is -0.497 e. The zero-order valence-electron chi connectivity index (χ0n) is 24.2. The van der Waals surface area contributed by atoms with E-state index in [1.165, 1.54) is 27.7 Å². The van der Waals surface area contributed by atoms with E-state index in [-0.39, 0.29) is 12.5 Å². The zero-order chi connectivity index (χ0) is 30.3. The molecule has 5 unspecified atom stereocenters. The molecule has 0 radical (unpaired) electrons. The van der Waals surface area contributed by atoms with Gasteiger partial charge in [-0.2, -0.15) is 0 Å². The molecule has 1 aromatic carbocycles. The van der Waals surface area contributed by atoms with Crippen LogP contribution in [0.15, 0.2) is 30.3 Å². The van der Waals surface area contributed by atoms with Crippen LogP contribution < -0.4 is 9.47 Å². The van der Waals surface area contributed by atoms with Gasteiger partial charge in [0.25, 0.3) is 0 Å². The van der Waals surface area contributed by atoms with Gasteiger partial charge in [-0.1, -0.05) is 26.0 Å². The summed E-state index contributed by atoms with van der Waals surface area (Å²) < 4.78 is 39.4. The molecule has 224 valence electrons. The third kappa shape index (κ3) is 8.92. The Hall–Kier alpha value is -3.64. The number of carbonyl (C=O) groups excluding carboxylic acids is 4. The van der Waals surface area contributed by atoms with E-state index in [2.05, 4.69) is 13.8 Å². The minimum atomic E-state index is -1.31. The van der Waals surface area contributed by atoms with Crippen LogP contribution in [0.4, 0.5) is 0 Å². The van der Waals surface area contributed by atoms with Gasteiger partial charge in [-0.05, 0) is 29.7 Å². The Morgan fingerprint density at radius 1 is 0.854 bits per heavy atom. The van der Waals surface area contributed by atoms with Gasteiger partial charge in [-0.3, -0.25) is 19.2 Å². The molecule has 12 heteroatoms. The molecule has 1 fully saturated rings. The molecule has 0 aliphatic carbocycles. The average molecular weight is 593 g/mol. The molecule has 1 aliphatic heterocycles. The highest BCUT2D eigenvalue weighted by atomic mass is 32.1. The predicted molar refractivity (Wildman–Crippen MR) is 147 cm³/mol. The van der Waals surface area contributed by atoms with Crippen molar-refractivity contribution in [1.29, 1.82) is 0 Å². The molecule has 5 atom stereocenters. The molecule has 0 spiro atoms. The molecule has 41 heavy (non-hydrogen) atoms. The van der Waals surface area contributed by atoms with Crippen LogP contribution in [0.25, 0.3) is 0 Å². The average Bonchev–Trinajstić information content (AvgIpc) is 3.28. The maximum Gasteiger partial charge on any atom is 0.303 e. The highest BCUT2D eigenvalue weighted by molar-refractivity contribution is 7.12. The summed E-state index contributed by atoms with van der Waals surface area (Å²) in [5.74, 6) is -1.30. The molecule has 2 heterocycles. The molecular weight excluding hydrogens is 556 g/mol. The lowest BCUT2D eigenvalue weighted by Gasteiger charge is -2.43. The van der Waals surface area contributed by atoms with E-state index in [9.17, 15) is 19.2 Å². The zero-order valence-corrected chi connectivity index (χ0v) is 25.0. The van der Waals surface area contributed by atoms with Gasteiger partial charge in [0.1, 0.15) is 24.2 Å². The van der Waals surface area contributed by atoms with E-state index in [0.29, 0.717) is 12.2 Å². The summed E-state index contributed by atoms with van der Waals surface area (Å²) >= 11 is 1.57. The normalized spacial score (nSPS) is 22.0. The van der Waals surface area contributed by atoms with Crippen molar-refractivity contribution < 1.29 is 52.3 Å². The van der Waals surface area contributed by atoms with E-state index < -0.39 is 54.6 Å². The molecule has 0 saturated carbocycles. The topological polar surface area (TPSA) is 133 Å². The Morgan fingerprint density at radius 2 is 1.44 bits per heavy atom. The molecule has 0 N–H and O–H groups in total. The Morgan fingerprint density at radius 3 is 1.98 bits per heavy atom.